The summed E-state index contributed by atoms with van der Waals surface area (Å²) in [6.45, 7) is 0.812. The molecule has 0 saturated carbocycles. The van der Waals surface area contributed by atoms with Crippen molar-refractivity contribution in [2.24, 2.45) is 0 Å². The highest BCUT2D eigenvalue weighted by Gasteiger charge is 2.30. The molecule has 3 rings (SSSR count). The van der Waals surface area contributed by atoms with E-state index in [1.54, 1.807) is 6.20 Å². The fourth-order valence-corrected chi connectivity index (χ4v) is 2.67. The summed E-state index contributed by atoms with van der Waals surface area (Å²) in [4.78, 5) is 23.0. The van der Waals surface area contributed by atoms with Crippen LogP contribution in [0.5, 0.6) is 0 Å². The first-order chi connectivity index (χ1) is 9.79. The number of esters is 1. The van der Waals surface area contributed by atoms with E-state index in [0.29, 0.717) is 0 Å². The third kappa shape index (κ3) is 2.31. The topological polar surface area (TPSA) is 55.3 Å². The highest BCUT2D eigenvalue weighted by Crippen LogP contribution is 2.24. The van der Waals surface area contributed by atoms with E-state index in [-0.39, 0.29) is 12.0 Å². The fraction of sp³-hybridized carbons (Fsp3) is 0.400. The molecule has 1 fully saturated rings. The first kappa shape index (κ1) is 12.8. The van der Waals surface area contributed by atoms with Crippen LogP contribution in [0, 0.1) is 0 Å². The average molecular weight is 271 g/mol. The molecule has 1 aromatic carbocycles. The van der Waals surface area contributed by atoms with Crippen LogP contribution in [0.15, 0.2) is 30.5 Å². The zero-order valence-electron chi connectivity index (χ0n) is 11.5. The Kier molecular flexibility index (Phi) is 3.50. The molecule has 0 spiro atoms. The monoisotopic (exact) mass is 271 g/mol. The van der Waals surface area contributed by atoms with Crippen LogP contribution in [-0.4, -0.2) is 35.6 Å². The molecule has 1 atom stereocenters. The van der Waals surface area contributed by atoms with Crippen molar-refractivity contribution in [2.45, 2.75) is 25.3 Å². The van der Waals surface area contributed by atoms with Crippen LogP contribution in [0.2, 0.25) is 0 Å². The number of hydrogen-bond donors (Lipinski definition) is 0. The Labute approximate surface area is 117 Å². The maximum absolute atomic E-state index is 11.9. The summed E-state index contributed by atoms with van der Waals surface area (Å²) in [5.41, 5.74) is 1.71. The molecule has 0 bridgehead atoms. The molecule has 0 amide bonds. The van der Waals surface area contributed by atoms with E-state index >= 15 is 0 Å². The number of benzene rings is 1. The maximum Gasteiger partial charge on any atom is 0.328 e. The van der Waals surface area contributed by atoms with Crippen LogP contribution >= 0.6 is 0 Å². The Morgan fingerprint density at radius 1 is 1.30 bits per heavy atom. The number of carbonyl (C=O) groups excluding carboxylic acids is 1. The second-order valence-corrected chi connectivity index (χ2v) is 4.95. The van der Waals surface area contributed by atoms with E-state index < -0.39 is 0 Å². The molecule has 2 aromatic rings. The van der Waals surface area contributed by atoms with E-state index in [2.05, 4.69) is 9.97 Å². The van der Waals surface area contributed by atoms with Crippen molar-refractivity contribution in [1.29, 1.82) is 0 Å². The Hall–Kier alpha value is -2.17. The van der Waals surface area contributed by atoms with Crippen molar-refractivity contribution in [3.05, 3.63) is 30.5 Å². The third-order valence-electron chi connectivity index (χ3n) is 3.71. The van der Waals surface area contributed by atoms with Gasteiger partial charge in [-0.05, 0) is 31.4 Å². The molecule has 0 radical (unpaired) electrons. The zero-order chi connectivity index (χ0) is 13.9. The van der Waals surface area contributed by atoms with Gasteiger partial charge in [0.15, 0.2) is 0 Å². The number of fused-ring (bicyclic) bond motifs is 1. The number of piperidine rings is 1. The van der Waals surface area contributed by atoms with Crippen molar-refractivity contribution in [3.63, 3.8) is 0 Å². The van der Waals surface area contributed by atoms with Gasteiger partial charge in [0.05, 0.1) is 24.3 Å². The predicted octanol–water partition coefficient (Wildman–Crippen LogP) is 2.16. The summed E-state index contributed by atoms with van der Waals surface area (Å²) in [6.07, 6.45) is 4.64. The predicted molar refractivity (Wildman–Crippen MR) is 76.5 cm³/mol. The molecule has 5 nitrogen and oxygen atoms in total. The lowest BCUT2D eigenvalue weighted by Crippen LogP contribution is -2.45. The number of rotatable bonds is 2. The molecule has 1 aromatic heterocycles. The Morgan fingerprint density at radius 2 is 2.10 bits per heavy atom. The molecule has 1 unspecified atom stereocenters. The number of carbonyl (C=O) groups is 1. The number of nitrogens with zero attached hydrogens (tertiary/aromatic N) is 3. The van der Waals surface area contributed by atoms with Gasteiger partial charge in [-0.25, -0.2) is 9.78 Å². The van der Waals surface area contributed by atoms with E-state index in [9.17, 15) is 4.79 Å². The standard InChI is InChI=1S/C15H17N3O2/c1-20-15(19)13-8-4-5-9-18(13)14-10-16-11-6-2-3-7-12(11)17-14/h2-3,6-7,10,13H,4-5,8-9H2,1H3. The quantitative estimate of drug-likeness (QED) is 0.783. The number of ether oxygens (including phenoxy) is 1. The molecular formula is C15H17N3O2. The van der Waals surface area contributed by atoms with Gasteiger partial charge in [-0.1, -0.05) is 12.1 Å². The first-order valence-corrected chi connectivity index (χ1v) is 6.86. The third-order valence-corrected chi connectivity index (χ3v) is 3.71. The van der Waals surface area contributed by atoms with Crippen LogP contribution in [0.1, 0.15) is 19.3 Å². The van der Waals surface area contributed by atoms with Gasteiger partial charge in [0.25, 0.3) is 0 Å². The molecule has 1 saturated heterocycles. The van der Waals surface area contributed by atoms with Gasteiger partial charge in [-0.2, -0.15) is 0 Å². The van der Waals surface area contributed by atoms with Crippen LogP contribution < -0.4 is 4.90 Å². The Morgan fingerprint density at radius 3 is 2.90 bits per heavy atom. The van der Waals surface area contributed by atoms with Gasteiger partial charge in [0.2, 0.25) is 0 Å². The molecule has 1 aliphatic heterocycles. The van der Waals surface area contributed by atoms with Crippen LogP contribution in [-0.2, 0) is 9.53 Å². The Bertz CT molecular complexity index is 629. The lowest BCUT2D eigenvalue weighted by molar-refractivity contribution is -0.142. The zero-order valence-corrected chi connectivity index (χ0v) is 11.5. The van der Waals surface area contributed by atoms with Crippen molar-refractivity contribution in [2.75, 3.05) is 18.6 Å². The van der Waals surface area contributed by atoms with Crippen molar-refractivity contribution < 1.29 is 9.53 Å². The van der Waals surface area contributed by atoms with E-state index in [1.807, 2.05) is 29.2 Å². The fourth-order valence-electron chi connectivity index (χ4n) is 2.67. The van der Waals surface area contributed by atoms with Crippen molar-refractivity contribution in [1.82, 2.24) is 9.97 Å². The lowest BCUT2D eigenvalue weighted by atomic mass is 10.0. The minimum atomic E-state index is -0.246. The van der Waals surface area contributed by atoms with Crippen LogP contribution in [0.4, 0.5) is 5.82 Å². The van der Waals surface area contributed by atoms with Crippen molar-refractivity contribution >= 4 is 22.8 Å². The summed E-state index contributed by atoms with van der Waals surface area (Å²) < 4.78 is 4.90. The van der Waals surface area contributed by atoms with Gasteiger partial charge in [0, 0.05) is 6.54 Å². The van der Waals surface area contributed by atoms with E-state index in [4.69, 9.17) is 4.74 Å². The summed E-state index contributed by atoms with van der Waals surface area (Å²) >= 11 is 0. The number of aromatic nitrogens is 2. The molecule has 0 N–H and O–H groups in total. The van der Waals surface area contributed by atoms with Gasteiger partial charge in [-0.3, -0.25) is 4.98 Å². The molecule has 104 valence electrons. The molecule has 1 aliphatic rings. The van der Waals surface area contributed by atoms with Crippen LogP contribution in [0.25, 0.3) is 11.0 Å². The molecule has 2 heterocycles. The largest absolute Gasteiger partial charge is 0.467 e. The second kappa shape index (κ2) is 5.45. The number of hydrogen-bond acceptors (Lipinski definition) is 5. The normalized spacial score (nSPS) is 19.1. The smallest absolute Gasteiger partial charge is 0.328 e. The average Bonchev–Trinajstić information content (AvgIpc) is 2.53. The first-order valence-electron chi connectivity index (χ1n) is 6.86. The molecule has 0 aliphatic carbocycles. The van der Waals surface area contributed by atoms with E-state index in [1.165, 1.54) is 7.11 Å². The highest BCUT2D eigenvalue weighted by molar-refractivity contribution is 5.81. The Balaban J connectivity index is 1.96. The van der Waals surface area contributed by atoms with Gasteiger partial charge >= 0.3 is 5.97 Å². The van der Waals surface area contributed by atoms with Crippen molar-refractivity contribution in [3.8, 4) is 0 Å². The summed E-state index contributed by atoms with van der Waals surface area (Å²) in [6, 6.07) is 7.50. The van der Waals surface area contributed by atoms with Gasteiger partial charge < -0.3 is 9.64 Å². The summed E-state index contributed by atoms with van der Waals surface area (Å²) in [7, 11) is 1.43. The molecule has 5 heteroatoms. The van der Waals surface area contributed by atoms with E-state index in [0.717, 1.165) is 42.7 Å². The minimum absolute atomic E-state index is 0.195. The van der Waals surface area contributed by atoms with Gasteiger partial charge in [-0.15, -0.1) is 0 Å². The number of anilines is 1. The molecular weight excluding hydrogens is 254 g/mol. The summed E-state index contributed by atoms with van der Waals surface area (Å²) in [5, 5.41) is 0. The second-order valence-electron chi connectivity index (χ2n) is 4.95. The van der Waals surface area contributed by atoms with Crippen LogP contribution in [0.3, 0.4) is 0 Å². The minimum Gasteiger partial charge on any atom is -0.467 e. The number of para-hydroxylation sites is 2. The highest BCUT2D eigenvalue weighted by atomic mass is 16.5. The lowest BCUT2D eigenvalue weighted by Gasteiger charge is -2.34. The number of methoxy groups -OCH3 is 1. The summed E-state index contributed by atoms with van der Waals surface area (Å²) in [5.74, 6) is 0.554. The van der Waals surface area contributed by atoms with Gasteiger partial charge in [0.1, 0.15) is 11.9 Å². The molecule has 20 heavy (non-hydrogen) atoms. The SMILES string of the molecule is COC(=O)C1CCCCN1c1cnc2ccccc2n1. The maximum atomic E-state index is 11.9.